The number of amides is 1. The lowest BCUT2D eigenvalue weighted by Crippen LogP contribution is -2.29. The SMILES string of the molecule is COc1ccccc1-c1csc(NC(=O)[C@@H]2CCC[C@@H]2CN)n1.Cl. The summed E-state index contributed by atoms with van der Waals surface area (Å²) in [6.45, 7) is 0.572. The quantitative estimate of drug-likeness (QED) is 0.847. The van der Waals surface area contributed by atoms with Crippen LogP contribution in [0, 0.1) is 11.8 Å². The van der Waals surface area contributed by atoms with Crippen LogP contribution in [0.3, 0.4) is 0 Å². The molecule has 1 fully saturated rings. The number of carbonyl (C=O) groups excluding carboxylic acids is 1. The number of nitrogens with zero attached hydrogens (tertiary/aromatic N) is 1. The number of ether oxygens (including phenoxy) is 1. The van der Waals surface area contributed by atoms with E-state index in [1.807, 2.05) is 29.6 Å². The first kappa shape index (κ1) is 18.7. The molecule has 5 nitrogen and oxygen atoms in total. The third-order valence-corrected chi connectivity index (χ3v) is 5.17. The smallest absolute Gasteiger partial charge is 0.229 e. The molecule has 3 N–H and O–H groups in total. The first-order valence-corrected chi connectivity index (χ1v) is 8.70. The van der Waals surface area contributed by atoms with Gasteiger partial charge in [-0.3, -0.25) is 4.79 Å². The van der Waals surface area contributed by atoms with Crippen molar-refractivity contribution in [3.05, 3.63) is 29.6 Å². The Morgan fingerprint density at radius 2 is 2.21 bits per heavy atom. The minimum atomic E-state index is 0. The van der Waals surface area contributed by atoms with Gasteiger partial charge in [0.2, 0.25) is 5.91 Å². The van der Waals surface area contributed by atoms with Gasteiger partial charge in [0, 0.05) is 16.9 Å². The van der Waals surface area contributed by atoms with Crippen LogP contribution in [-0.2, 0) is 4.79 Å². The van der Waals surface area contributed by atoms with Crippen molar-refractivity contribution in [2.75, 3.05) is 19.0 Å². The van der Waals surface area contributed by atoms with Crippen molar-refractivity contribution in [3.63, 3.8) is 0 Å². The standard InChI is InChI=1S/C17H21N3O2S.ClH/c1-22-15-8-3-2-6-13(15)14-10-23-17(19-14)20-16(21)12-7-4-5-11(12)9-18;/h2-3,6,8,10-12H,4-5,7,9,18H2,1H3,(H,19,20,21);1H/t11-,12-;/m1./s1. The first-order chi connectivity index (χ1) is 11.2. The van der Waals surface area contributed by atoms with Crippen molar-refractivity contribution >= 4 is 34.8 Å². The van der Waals surface area contributed by atoms with Gasteiger partial charge in [0.15, 0.2) is 5.13 Å². The van der Waals surface area contributed by atoms with Gasteiger partial charge >= 0.3 is 0 Å². The number of aromatic nitrogens is 1. The van der Waals surface area contributed by atoms with E-state index >= 15 is 0 Å². The molecule has 3 rings (SSSR count). The molecule has 1 heterocycles. The van der Waals surface area contributed by atoms with Crippen molar-refractivity contribution in [2.45, 2.75) is 19.3 Å². The summed E-state index contributed by atoms with van der Waals surface area (Å²) in [7, 11) is 1.64. The van der Waals surface area contributed by atoms with Crippen LogP contribution in [-0.4, -0.2) is 24.5 Å². The van der Waals surface area contributed by atoms with E-state index in [0.717, 1.165) is 36.3 Å². The van der Waals surface area contributed by atoms with Crippen molar-refractivity contribution in [1.82, 2.24) is 4.98 Å². The number of benzene rings is 1. The Kier molecular flexibility index (Phi) is 6.60. The molecular weight excluding hydrogens is 346 g/mol. The average molecular weight is 368 g/mol. The fourth-order valence-corrected chi connectivity index (χ4v) is 3.89. The van der Waals surface area contributed by atoms with Gasteiger partial charge in [-0.25, -0.2) is 4.98 Å². The lowest BCUT2D eigenvalue weighted by atomic mass is 9.95. The molecule has 2 atom stereocenters. The summed E-state index contributed by atoms with van der Waals surface area (Å²) in [5.74, 6) is 1.12. The molecule has 24 heavy (non-hydrogen) atoms. The Bertz CT molecular complexity index is 692. The Balaban J connectivity index is 0.00000208. The molecule has 7 heteroatoms. The molecule has 1 saturated carbocycles. The zero-order valence-electron chi connectivity index (χ0n) is 13.5. The second kappa shape index (κ2) is 8.46. The third kappa shape index (κ3) is 3.88. The molecule has 0 spiro atoms. The number of halogens is 1. The van der Waals surface area contributed by atoms with Gasteiger partial charge < -0.3 is 15.8 Å². The normalized spacial score (nSPS) is 19.6. The number of thiazole rings is 1. The van der Waals surface area contributed by atoms with E-state index < -0.39 is 0 Å². The number of hydrogen-bond acceptors (Lipinski definition) is 5. The van der Waals surface area contributed by atoms with Crippen LogP contribution in [0.5, 0.6) is 5.75 Å². The number of rotatable bonds is 5. The van der Waals surface area contributed by atoms with Crippen LogP contribution in [0.15, 0.2) is 29.6 Å². The van der Waals surface area contributed by atoms with E-state index in [1.54, 1.807) is 7.11 Å². The highest BCUT2D eigenvalue weighted by Gasteiger charge is 2.32. The summed E-state index contributed by atoms with van der Waals surface area (Å²) in [6.07, 6.45) is 3.03. The minimum Gasteiger partial charge on any atom is -0.496 e. The van der Waals surface area contributed by atoms with Crippen LogP contribution in [0.1, 0.15) is 19.3 Å². The van der Waals surface area contributed by atoms with Gasteiger partial charge in [-0.2, -0.15) is 0 Å². The van der Waals surface area contributed by atoms with E-state index in [0.29, 0.717) is 17.6 Å². The Labute approximate surface area is 152 Å². The van der Waals surface area contributed by atoms with E-state index in [2.05, 4.69) is 10.3 Å². The van der Waals surface area contributed by atoms with Crippen molar-refractivity contribution in [3.8, 4) is 17.0 Å². The molecule has 1 aromatic heterocycles. The highest BCUT2D eigenvalue weighted by molar-refractivity contribution is 7.14. The maximum Gasteiger partial charge on any atom is 0.229 e. The molecule has 1 amide bonds. The first-order valence-electron chi connectivity index (χ1n) is 7.82. The predicted octanol–water partition coefficient (Wildman–Crippen LogP) is 3.55. The van der Waals surface area contributed by atoms with Crippen LogP contribution in [0.25, 0.3) is 11.3 Å². The topological polar surface area (TPSA) is 77.2 Å². The second-order valence-electron chi connectivity index (χ2n) is 5.76. The number of nitrogens with one attached hydrogen (secondary N) is 1. The lowest BCUT2D eigenvalue weighted by molar-refractivity contribution is -0.120. The van der Waals surface area contributed by atoms with Crippen molar-refractivity contribution in [2.24, 2.45) is 17.6 Å². The molecule has 0 bridgehead atoms. The largest absolute Gasteiger partial charge is 0.496 e. The number of hydrogen-bond donors (Lipinski definition) is 2. The monoisotopic (exact) mass is 367 g/mol. The molecular formula is C17H22ClN3O2S. The zero-order valence-corrected chi connectivity index (χ0v) is 15.2. The van der Waals surface area contributed by atoms with E-state index in [1.165, 1.54) is 11.3 Å². The van der Waals surface area contributed by atoms with Gasteiger partial charge in [-0.05, 0) is 37.4 Å². The van der Waals surface area contributed by atoms with E-state index in [4.69, 9.17) is 10.5 Å². The summed E-state index contributed by atoms with van der Waals surface area (Å²) < 4.78 is 5.36. The summed E-state index contributed by atoms with van der Waals surface area (Å²) in [5, 5.41) is 5.50. The number of para-hydroxylation sites is 1. The molecule has 1 aliphatic carbocycles. The number of nitrogens with two attached hydrogens (primary N) is 1. The van der Waals surface area contributed by atoms with E-state index in [-0.39, 0.29) is 24.2 Å². The van der Waals surface area contributed by atoms with Gasteiger partial charge in [-0.15, -0.1) is 23.7 Å². The Morgan fingerprint density at radius 1 is 1.42 bits per heavy atom. The molecule has 0 radical (unpaired) electrons. The van der Waals surface area contributed by atoms with Crippen LogP contribution < -0.4 is 15.8 Å². The lowest BCUT2D eigenvalue weighted by Gasteiger charge is -2.16. The summed E-state index contributed by atoms with van der Waals surface area (Å²) in [4.78, 5) is 17.0. The van der Waals surface area contributed by atoms with Crippen molar-refractivity contribution in [1.29, 1.82) is 0 Å². The molecule has 2 aromatic rings. The Morgan fingerprint density at radius 3 is 2.96 bits per heavy atom. The summed E-state index contributed by atoms with van der Waals surface area (Å²) in [5.41, 5.74) is 7.49. The number of carbonyl (C=O) groups is 1. The summed E-state index contributed by atoms with van der Waals surface area (Å²) >= 11 is 1.43. The highest BCUT2D eigenvalue weighted by atomic mass is 35.5. The minimum absolute atomic E-state index is 0. The van der Waals surface area contributed by atoms with Crippen LogP contribution >= 0.6 is 23.7 Å². The van der Waals surface area contributed by atoms with Gasteiger partial charge in [-0.1, -0.05) is 18.6 Å². The molecule has 0 saturated heterocycles. The molecule has 0 unspecified atom stereocenters. The fourth-order valence-electron chi connectivity index (χ4n) is 3.17. The molecule has 1 aliphatic rings. The van der Waals surface area contributed by atoms with Gasteiger partial charge in [0.1, 0.15) is 5.75 Å². The van der Waals surface area contributed by atoms with Crippen LogP contribution in [0.4, 0.5) is 5.13 Å². The highest BCUT2D eigenvalue weighted by Crippen LogP contribution is 2.34. The van der Waals surface area contributed by atoms with E-state index in [9.17, 15) is 4.79 Å². The zero-order chi connectivity index (χ0) is 16.2. The molecule has 0 aliphatic heterocycles. The maximum absolute atomic E-state index is 12.4. The average Bonchev–Trinajstić information content (AvgIpc) is 3.23. The maximum atomic E-state index is 12.4. The van der Waals surface area contributed by atoms with Gasteiger partial charge in [0.05, 0.1) is 12.8 Å². The molecule has 1 aromatic carbocycles. The predicted molar refractivity (Wildman–Crippen MR) is 99.9 cm³/mol. The summed E-state index contributed by atoms with van der Waals surface area (Å²) in [6, 6.07) is 7.72. The van der Waals surface area contributed by atoms with Crippen molar-refractivity contribution < 1.29 is 9.53 Å². The number of anilines is 1. The van der Waals surface area contributed by atoms with Crippen LogP contribution in [0.2, 0.25) is 0 Å². The molecule has 130 valence electrons. The second-order valence-corrected chi connectivity index (χ2v) is 6.62. The third-order valence-electron chi connectivity index (χ3n) is 4.42. The Hall–Kier alpha value is -1.63. The number of methoxy groups -OCH3 is 1. The van der Waals surface area contributed by atoms with Gasteiger partial charge in [0.25, 0.3) is 0 Å². The fraction of sp³-hybridized carbons (Fsp3) is 0.412.